The van der Waals surface area contributed by atoms with Crippen LogP contribution in [0.2, 0.25) is 0 Å². The molecule has 5 rings (SSSR count). The molecule has 0 saturated carbocycles. The van der Waals surface area contributed by atoms with E-state index in [1.54, 1.807) is 32.5 Å². The maximum atomic E-state index is 13.6. The molecule has 1 N–H and O–H groups in total. The molecule has 0 unspecified atom stereocenters. The zero-order chi connectivity index (χ0) is 22.2. The van der Waals surface area contributed by atoms with E-state index >= 15 is 0 Å². The van der Waals surface area contributed by atoms with Crippen LogP contribution in [0, 0.1) is 6.92 Å². The Morgan fingerprint density at radius 2 is 1.66 bits per heavy atom. The number of rotatable bonds is 5. The minimum atomic E-state index is -0.190. The highest BCUT2D eigenvalue weighted by Crippen LogP contribution is 2.37. The van der Waals surface area contributed by atoms with Gasteiger partial charge in [0, 0.05) is 28.1 Å². The fourth-order valence-corrected chi connectivity index (χ4v) is 3.85. The molecular formula is C24H19N5O3. The number of hydrogen-bond acceptors (Lipinski definition) is 7. The van der Waals surface area contributed by atoms with Gasteiger partial charge in [0.15, 0.2) is 11.5 Å². The van der Waals surface area contributed by atoms with Crippen molar-refractivity contribution < 1.29 is 14.3 Å². The third-order valence-corrected chi connectivity index (χ3v) is 5.45. The average molecular weight is 425 g/mol. The van der Waals surface area contributed by atoms with Crippen molar-refractivity contribution in [2.75, 3.05) is 14.2 Å². The summed E-state index contributed by atoms with van der Waals surface area (Å²) >= 11 is 0. The Balaban J connectivity index is 1.73. The molecule has 2 heterocycles. The van der Waals surface area contributed by atoms with Crippen molar-refractivity contribution in [2.45, 2.75) is 6.92 Å². The van der Waals surface area contributed by atoms with Crippen LogP contribution in [0.4, 0.5) is 0 Å². The second kappa shape index (κ2) is 7.73. The normalized spacial score (nSPS) is 11.1. The molecule has 0 aliphatic rings. The zero-order valence-electron chi connectivity index (χ0n) is 17.7. The van der Waals surface area contributed by atoms with Crippen molar-refractivity contribution in [1.82, 2.24) is 25.6 Å². The van der Waals surface area contributed by atoms with Gasteiger partial charge in [0.1, 0.15) is 5.69 Å². The summed E-state index contributed by atoms with van der Waals surface area (Å²) in [6.45, 7) is 2.03. The standard InChI is InChI=1S/C24H19N5O3/c1-13-4-5-14-6-7-15(9-16(14)8-13)23(30)22-18-11-21(32-3)20(31-2)10-17(18)19(12-25-22)24-26-28-29-27-24/h4-12H,1-3H3,(H,26,27,28,29). The van der Waals surface area contributed by atoms with Crippen molar-refractivity contribution in [2.24, 2.45) is 0 Å². The average Bonchev–Trinajstić information content (AvgIpc) is 3.36. The highest BCUT2D eigenvalue weighted by molar-refractivity contribution is 6.17. The first kappa shape index (κ1) is 19.6. The number of nitrogens with zero attached hydrogens (tertiary/aromatic N) is 4. The van der Waals surface area contributed by atoms with E-state index < -0.39 is 0 Å². The van der Waals surface area contributed by atoms with Crippen molar-refractivity contribution in [3.63, 3.8) is 0 Å². The summed E-state index contributed by atoms with van der Waals surface area (Å²) in [7, 11) is 3.11. The molecule has 8 nitrogen and oxygen atoms in total. The molecule has 158 valence electrons. The van der Waals surface area contributed by atoms with Crippen molar-refractivity contribution in [3.8, 4) is 22.9 Å². The maximum Gasteiger partial charge on any atom is 0.211 e. The number of H-pyrrole nitrogens is 1. The van der Waals surface area contributed by atoms with E-state index in [2.05, 4.69) is 37.7 Å². The fraction of sp³-hybridized carbons (Fsp3) is 0.125. The Morgan fingerprint density at radius 3 is 2.38 bits per heavy atom. The van der Waals surface area contributed by atoms with Crippen LogP contribution < -0.4 is 9.47 Å². The quantitative estimate of drug-likeness (QED) is 0.422. The number of benzene rings is 3. The first-order valence-electron chi connectivity index (χ1n) is 9.92. The minimum absolute atomic E-state index is 0.190. The van der Waals surface area contributed by atoms with Crippen molar-refractivity contribution >= 4 is 27.3 Å². The van der Waals surface area contributed by atoms with E-state index in [-0.39, 0.29) is 5.78 Å². The summed E-state index contributed by atoms with van der Waals surface area (Å²) in [5, 5.41) is 17.6. The Morgan fingerprint density at radius 1 is 0.906 bits per heavy atom. The predicted molar refractivity (Wildman–Crippen MR) is 120 cm³/mol. The van der Waals surface area contributed by atoms with Crippen molar-refractivity contribution in [3.05, 3.63) is 71.5 Å². The largest absolute Gasteiger partial charge is 0.493 e. The molecule has 0 saturated heterocycles. The number of ketones is 1. The van der Waals surface area contributed by atoms with Gasteiger partial charge >= 0.3 is 0 Å². The molecule has 0 aliphatic heterocycles. The van der Waals surface area contributed by atoms with Gasteiger partial charge in [-0.05, 0) is 41.1 Å². The molecule has 0 amide bonds. The molecule has 8 heteroatoms. The SMILES string of the molecule is COc1cc2c(-c3nn[nH]n3)cnc(C(=O)c3ccc4ccc(C)cc4c3)c2cc1OC. The molecule has 0 radical (unpaired) electrons. The Kier molecular flexibility index (Phi) is 4.74. The highest BCUT2D eigenvalue weighted by atomic mass is 16.5. The van der Waals surface area contributed by atoms with Crippen LogP contribution in [0.25, 0.3) is 32.9 Å². The van der Waals surface area contributed by atoms with E-state index in [0.717, 1.165) is 16.3 Å². The van der Waals surface area contributed by atoms with Gasteiger partial charge in [0.2, 0.25) is 11.6 Å². The molecule has 3 aromatic carbocycles. The van der Waals surface area contributed by atoms with Crippen molar-refractivity contribution in [1.29, 1.82) is 0 Å². The number of methoxy groups -OCH3 is 2. The number of aromatic nitrogens is 5. The number of fused-ring (bicyclic) bond motifs is 2. The first-order chi connectivity index (χ1) is 15.6. The second-order valence-corrected chi connectivity index (χ2v) is 7.40. The molecular weight excluding hydrogens is 406 g/mol. The first-order valence-corrected chi connectivity index (χ1v) is 9.92. The molecule has 0 spiro atoms. The van der Waals surface area contributed by atoms with E-state index in [1.807, 2.05) is 31.2 Å². The van der Waals surface area contributed by atoms with Gasteiger partial charge in [0.05, 0.1) is 14.2 Å². The van der Waals surface area contributed by atoms with Gasteiger partial charge < -0.3 is 9.47 Å². The Hall–Kier alpha value is -4.33. The van der Waals surface area contributed by atoms with Crippen LogP contribution >= 0.6 is 0 Å². The predicted octanol–water partition coefficient (Wildman–Crippen LogP) is 4.12. The second-order valence-electron chi connectivity index (χ2n) is 7.40. The van der Waals surface area contributed by atoms with Gasteiger partial charge in [-0.15, -0.1) is 10.2 Å². The number of carbonyl (C=O) groups is 1. The highest BCUT2D eigenvalue weighted by Gasteiger charge is 2.21. The third kappa shape index (κ3) is 3.22. The van der Waals surface area contributed by atoms with E-state index in [9.17, 15) is 4.79 Å². The van der Waals surface area contributed by atoms with Gasteiger partial charge in [-0.25, -0.2) is 0 Å². The van der Waals surface area contributed by atoms with E-state index in [1.165, 1.54) is 0 Å². The zero-order valence-corrected chi connectivity index (χ0v) is 17.7. The smallest absolute Gasteiger partial charge is 0.211 e. The lowest BCUT2D eigenvalue weighted by molar-refractivity contribution is 0.103. The van der Waals surface area contributed by atoms with Crippen LogP contribution in [-0.4, -0.2) is 45.6 Å². The minimum Gasteiger partial charge on any atom is -0.493 e. The molecule has 0 aliphatic carbocycles. The molecule has 0 fully saturated rings. The molecule has 32 heavy (non-hydrogen) atoms. The maximum absolute atomic E-state index is 13.6. The number of nitrogens with one attached hydrogen (secondary N) is 1. The number of pyridine rings is 1. The van der Waals surface area contributed by atoms with Crippen LogP contribution in [0.3, 0.4) is 0 Å². The Labute approximate surface area is 183 Å². The summed E-state index contributed by atoms with van der Waals surface area (Å²) in [5.41, 5.74) is 2.62. The monoisotopic (exact) mass is 425 g/mol. The van der Waals surface area contributed by atoms with Gasteiger partial charge in [-0.1, -0.05) is 35.9 Å². The lowest BCUT2D eigenvalue weighted by Crippen LogP contribution is -2.06. The van der Waals surface area contributed by atoms with Crippen LogP contribution in [-0.2, 0) is 0 Å². The number of aromatic amines is 1. The number of carbonyl (C=O) groups excluding carboxylic acids is 1. The summed E-state index contributed by atoms with van der Waals surface area (Å²) in [6, 6.07) is 15.4. The third-order valence-electron chi connectivity index (χ3n) is 5.45. The topological polar surface area (TPSA) is 103 Å². The van der Waals surface area contributed by atoms with Crippen LogP contribution in [0.15, 0.2) is 54.7 Å². The van der Waals surface area contributed by atoms with E-state index in [0.29, 0.717) is 44.9 Å². The lowest BCUT2D eigenvalue weighted by Gasteiger charge is -2.13. The molecule has 0 atom stereocenters. The Bertz CT molecular complexity index is 1480. The fourth-order valence-electron chi connectivity index (χ4n) is 3.85. The number of ether oxygens (including phenoxy) is 2. The summed E-state index contributed by atoms with van der Waals surface area (Å²) in [6.07, 6.45) is 1.58. The summed E-state index contributed by atoms with van der Waals surface area (Å²) in [5.74, 6) is 1.20. The lowest BCUT2D eigenvalue weighted by atomic mass is 9.97. The van der Waals surface area contributed by atoms with Crippen LogP contribution in [0.1, 0.15) is 21.6 Å². The van der Waals surface area contributed by atoms with Crippen LogP contribution in [0.5, 0.6) is 11.5 Å². The van der Waals surface area contributed by atoms with Gasteiger partial charge in [0.25, 0.3) is 0 Å². The molecule has 0 bridgehead atoms. The summed E-state index contributed by atoms with van der Waals surface area (Å²) in [4.78, 5) is 18.1. The number of tetrazole rings is 1. The van der Waals surface area contributed by atoms with Gasteiger partial charge in [-0.3, -0.25) is 9.78 Å². The summed E-state index contributed by atoms with van der Waals surface area (Å²) < 4.78 is 10.9. The number of hydrogen-bond donors (Lipinski definition) is 1. The number of aryl methyl sites for hydroxylation is 1. The van der Waals surface area contributed by atoms with Gasteiger partial charge in [-0.2, -0.15) is 5.21 Å². The van der Waals surface area contributed by atoms with E-state index in [4.69, 9.17) is 9.47 Å². The molecule has 2 aromatic heterocycles. The molecule has 5 aromatic rings.